The highest BCUT2D eigenvalue weighted by Crippen LogP contribution is 2.31. The zero-order chi connectivity index (χ0) is 22.1. The lowest BCUT2D eigenvalue weighted by Gasteiger charge is -2.11. The Hall–Kier alpha value is -3.92. The number of carbonyl (C=O) groups is 2. The minimum absolute atomic E-state index is 0.189. The third kappa shape index (κ3) is 3.92. The number of aryl methyl sites for hydroxylation is 1. The van der Waals surface area contributed by atoms with E-state index in [1.807, 2.05) is 49.0 Å². The fraction of sp³-hybridized carbons (Fsp3) is 0.238. The van der Waals surface area contributed by atoms with Crippen LogP contribution in [0.4, 0.5) is 5.82 Å². The van der Waals surface area contributed by atoms with Gasteiger partial charge in [-0.05, 0) is 23.3 Å². The van der Waals surface area contributed by atoms with E-state index in [4.69, 9.17) is 11.5 Å². The molecule has 3 aromatic heterocycles. The van der Waals surface area contributed by atoms with Crippen molar-refractivity contribution >= 4 is 39.7 Å². The Morgan fingerprint density at radius 2 is 2.10 bits per heavy atom. The Morgan fingerprint density at radius 1 is 1.29 bits per heavy atom. The second-order valence-electron chi connectivity index (χ2n) is 7.40. The first-order valence-corrected chi connectivity index (χ1v) is 9.79. The number of rotatable bonds is 7. The lowest BCUT2D eigenvalue weighted by molar-refractivity contribution is -0.126. The van der Waals surface area contributed by atoms with Gasteiger partial charge in [0.2, 0.25) is 11.8 Å². The molecule has 0 spiro atoms. The predicted molar refractivity (Wildman–Crippen MR) is 119 cm³/mol. The van der Waals surface area contributed by atoms with Gasteiger partial charge in [-0.15, -0.1) is 0 Å². The molecule has 1 aromatic carbocycles. The van der Waals surface area contributed by atoms with Crippen LogP contribution in [0, 0.1) is 0 Å². The summed E-state index contributed by atoms with van der Waals surface area (Å²) in [7, 11) is 3.77. The van der Waals surface area contributed by atoms with Crippen LogP contribution in [0.15, 0.2) is 36.7 Å². The van der Waals surface area contributed by atoms with Crippen LogP contribution in [0.2, 0.25) is 0 Å². The van der Waals surface area contributed by atoms with Crippen molar-refractivity contribution in [1.82, 2.24) is 24.8 Å². The van der Waals surface area contributed by atoms with E-state index in [0.717, 1.165) is 38.9 Å². The molecule has 10 heteroatoms. The van der Waals surface area contributed by atoms with Crippen LogP contribution in [-0.4, -0.2) is 44.4 Å². The van der Waals surface area contributed by atoms with Crippen molar-refractivity contribution in [3.63, 3.8) is 0 Å². The first-order chi connectivity index (χ1) is 14.9. The van der Waals surface area contributed by atoms with Crippen LogP contribution in [0.5, 0.6) is 0 Å². The molecule has 3 heterocycles. The molecule has 160 valence electrons. The molecule has 2 amide bonds. The van der Waals surface area contributed by atoms with E-state index < -0.39 is 17.9 Å². The summed E-state index contributed by atoms with van der Waals surface area (Å²) in [4.78, 5) is 35.5. The highest BCUT2D eigenvalue weighted by atomic mass is 16.2. The molecule has 0 aliphatic carbocycles. The van der Waals surface area contributed by atoms with Gasteiger partial charge >= 0.3 is 0 Å². The van der Waals surface area contributed by atoms with Crippen molar-refractivity contribution in [3.05, 3.63) is 42.2 Å². The SMILES string of the molecule is CNc1nc2[nH]c(-c3cccc(CNC(=O)[C@@H](N)CC(N)=O)c3)cc2c2c1ncn2C. The summed E-state index contributed by atoms with van der Waals surface area (Å²) < 4.78 is 1.97. The number of benzene rings is 1. The van der Waals surface area contributed by atoms with Gasteiger partial charge in [-0.3, -0.25) is 9.59 Å². The summed E-state index contributed by atoms with van der Waals surface area (Å²) in [5.74, 6) is -0.321. The number of primary amides is 1. The number of H-pyrrole nitrogens is 1. The summed E-state index contributed by atoms with van der Waals surface area (Å²) in [5.41, 5.74) is 16.1. The molecule has 31 heavy (non-hydrogen) atoms. The zero-order valence-corrected chi connectivity index (χ0v) is 17.3. The maximum atomic E-state index is 12.0. The van der Waals surface area contributed by atoms with Crippen molar-refractivity contribution in [2.24, 2.45) is 18.5 Å². The average molecular weight is 420 g/mol. The Balaban J connectivity index is 1.62. The van der Waals surface area contributed by atoms with E-state index in [2.05, 4.69) is 25.6 Å². The molecule has 7 N–H and O–H groups in total. The number of aromatic amines is 1. The molecule has 0 bridgehead atoms. The monoisotopic (exact) mass is 420 g/mol. The molecule has 0 saturated carbocycles. The molecule has 1 atom stereocenters. The maximum Gasteiger partial charge on any atom is 0.237 e. The number of nitrogens with one attached hydrogen (secondary N) is 3. The summed E-state index contributed by atoms with van der Waals surface area (Å²) in [5, 5.41) is 6.81. The predicted octanol–water partition coefficient (Wildman–Crippen LogP) is 0.977. The highest BCUT2D eigenvalue weighted by molar-refractivity contribution is 6.07. The van der Waals surface area contributed by atoms with Crippen LogP contribution in [0.25, 0.3) is 33.3 Å². The molecule has 0 radical (unpaired) electrons. The number of amides is 2. The second-order valence-corrected chi connectivity index (χ2v) is 7.40. The van der Waals surface area contributed by atoms with Gasteiger partial charge in [-0.25, -0.2) is 9.97 Å². The van der Waals surface area contributed by atoms with Crippen molar-refractivity contribution in [3.8, 4) is 11.3 Å². The van der Waals surface area contributed by atoms with E-state index in [1.54, 1.807) is 6.33 Å². The van der Waals surface area contributed by atoms with Gasteiger partial charge in [-0.1, -0.05) is 18.2 Å². The number of carbonyl (C=O) groups excluding carboxylic acids is 2. The standard InChI is InChI=1S/C21H24N8O2/c1-24-20-17-18(29(2)10-26-17)13-7-15(27-19(13)28-20)12-5-3-4-11(6-12)9-25-21(31)14(22)8-16(23)30/h3-7,10,14H,8-9,22H2,1-2H3,(H2,23,30)(H,25,31)(H2,24,27,28)/t14-/m0/s1. The molecule has 4 rings (SSSR count). The zero-order valence-electron chi connectivity index (χ0n) is 17.3. The van der Waals surface area contributed by atoms with E-state index >= 15 is 0 Å². The number of hydrogen-bond donors (Lipinski definition) is 5. The third-order valence-electron chi connectivity index (χ3n) is 5.14. The number of pyridine rings is 1. The smallest absolute Gasteiger partial charge is 0.237 e. The molecule has 0 aliphatic heterocycles. The molecular formula is C21H24N8O2. The van der Waals surface area contributed by atoms with E-state index in [0.29, 0.717) is 5.82 Å². The highest BCUT2D eigenvalue weighted by Gasteiger charge is 2.17. The topological polar surface area (TPSA) is 157 Å². The quantitative estimate of drug-likeness (QED) is 0.300. The molecule has 0 aliphatic rings. The van der Waals surface area contributed by atoms with Gasteiger partial charge in [-0.2, -0.15) is 0 Å². The van der Waals surface area contributed by atoms with Crippen LogP contribution in [0.1, 0.15) is 12.0 Å². The second kappa shape index (κ2) is 8.07. The van der Waals surface area contributed by atoms with E-state index in [-0.39, 0.29) is 13.0 Å². The van der Waals surface area contributed by atoms with Crippen LogP contribution >= 0.6 is 0 Å². The fourth-order valence-electron chi connectivity index (χ4n) is 3.61. The Morgan fingerprint density at radius 3 is 2.84 bits per heavy atom. The molecule has 0 unspecified atom stereocenters. The number of imidazole rings is 1. The average Bonchev–Trinajstić information content (AvgIpc) is 3.34. The Bertz CT molecular complexity index is 1290. The molecule has 4 aromatic rings. The normalized spacial score (nSPS) is 12.2. The number of fused-ring (bicyclic) bond motifs is 3. The summed E-state index contributed by atoms with van der Waals surface area (Å²) >= 11 is 0. The number of nitrogens with two attached hydrogens (primary N) is 2. The number of hydrogen-bond acceptors (Lipinski definition) is 6. The lowest BCUT2D eigenvalue weighted by Crippen LogP contribution is -2.42. The van der Waals surface area contributed by atoms with Gasteiger partial charge in [0.15, 0.2) is 5.82 Å². The molecule has 0 fully saturated rings. The van der Waals surface area contributed by atoms with Crippen LogP contribution < -0.4 is 22.1 Å². The van der Waals surface area contributed by atoms with Crippen molar-refractivity contribution in [1.29, 1.82) is 0 Å². The van der Waals surface area contributed by atoms with Crippen LogP contribution in [0.3, 0.4) is 0 Å². The molecule has 0 saturated heterocycles. The van der Waals surface area contributed by atoms with Crippen molar-refractivity contribution < 1.29 is 9.59 Å². The lowest BCUT2D eigenvalue weighted by atomic mass is 10.1. The molecular weight excluding hydrogens is 396 g/mol. The summed E-state index contributed by atoms with van der Waals surface area (Å²) in [6, 6.07) is 8.87. The van der Waals surface area contributed by atoms with Crippen molar-refractivity contribution in [2.75, 3.05) is 12.4 Å². The molecule has 10 nitrogen and oxygen atoms in total. The summed E-state index contributed by atoms with van der Waals surface area (Å²) in [6.07, 6.45) is 1.58. The maximum absolute atomic E-state index is 12.0. The van der Waals surface area contributed by atoms with Crippen molar-refractivity contribution in [2.45, 2.75) is 19.0 Å². The van der Waals surface area contributed by atoms with Gasteiger partial charge < -0.3 is 31.7 Å². The minimum Gasteiger partial charge on any atom is -0.371 e. The van der Waals surface area contributed by atoms with E-state index in [9.17, 15) is 9.59 Å². The van der Waals surface area contributed by atoms with E-state index in [1.165, 1.54) is 0 Å². The Labute approximate surface area is 178 Å². The first kappa shape index (κ1) is 20.4. The number of nitrogens with zero attached hydrogens (tertiary/aromatic N) is 3. The van der Waals surface area contributed by atoms with Crippen LogP contribution in [-0.2, 0) is 23.2 Å². The Kier molecular flexibility index (Phi) is 5.30. The van der Waals surface area contributed by atoms with Gasteiger partial charge in [0, 0.05) is 31.7 Å². The third-order valence-corrected chi connectivity index (χ3v) is 5.14. The minimum atomic E-state index is -0.955. The fourth-order valence-corrected chi connectivity index (χ4v) is 3.61. The number of anilines is 1. The van der Waals surface area contributed by atoms with Gasteiger partial charge in [0.1, 0.15) is 11.2 Å². The largest absolute Gasteiger partial charge is 0.371 e. The van der Waals surface area contributed by atoms with Gasteiger partial charge in [0.05, 0.1) is 24.3 Å². The first-order valence-electron chi connectivity index (χ1n) is 9.79. The number of aromatic nitrogens is 4. The summed E-state index contributed by atoms with van der Waals surface area (Å²) in [6.45, 7) is 0.285. The van der Waals surface area contributed by atoms with Gasteiger partial charge in [0.25, 0.3) is 0 Å².